The lowest BCUT2D eigenvalue weighted by molar-refractivity contribution is 0.0644. The van der Waals surface area contributed by atoms with Crippen molar-refractivity contribution in [1.82, 2.24) is 14.6 Å². The number of piperidine rings is 1. The van der Waals surface area contributed by atoms with Crippen molar-refractivity contribution in [2.24, 2.45) is 0 Å². The fraction of sp³-hybridized carbons (Fsp3) is 0.320. The van der Waals surface area contributed by atoms with E-state index in [-0.39, 0.29) is 47.1 Å². The minimum atomic E-state index is -0.641. The Hall–Kier alpha value is -3.43. The molecule has 0 aliphatic carbocycles. The SMILES string of the molecule is CN(c1cccnc1)c1c(C(=O)N2CCC(c3ccc(F)cc3)CC2)cn(OCCO)c(=O)c1Cl. The Morgan fingerprint density at radius 3 is 2.60 bits per heavy atom. The first-order chi connectivity index (χ1) is 16.9. The zero-order valence-electron chi connectivity index (χ0n) is 19.2. The molecule has 0 radical (unpaired) electrons. The van der Waals surface area contributed by atoms with Crippen molar-refractivity contribution >= 4 is 28.9 Å². The summed E-state index contributed by atoms with van der Waals surface area (Å²) in [6, 6.07) is 10.0. The third-order valence-electron chi connectivity index (χ3n) is 6.14. The lowest BCUT2D eigenvalue weighted by Crippen LogP contribution is -2.40. The standard InChI is InChI=1S/C25H26ClFN4O4/c1-29(20-3-2-10-28-15-20)23-21(16-31(35-14-13-32)25(34)22(23)26)24(33)30-11-8-18(9-12-30)17-4-6-19(27)7-5-17/h2-7,10,15-16,18,32H,8-9,11-14H2,1H3. The minimum absolute atomic E-state index is 0.134. The molecule has 1 saturated heterocycles. The number of anilines is 2. The van der Waals surface area contributed by atoms with E-state index in [0.717, 1.165) is 23.1 Å². The van der Waals surface area contributed by atoms with Gasteiger partial charge in [-0.1, -0.05) is 23.7 Å². The van der Waals surface area contributed by atoms with Crippen LogP contribution in [-0.2, 0) is 0 Å². The molecule has 0 spiro atoms. The Morgan fingerprint density at radius 2 is 1.97 bits per heavy atom. The Balaban J connectivity index is 1.65. The molecule has 1 fully saturated rings. The number of aliphatic hydroxyl groups is 1. The van der Waals surface area contributed by atoms with E-state index in [0.29, 0.717) is 18.8 Å². The van der Waals surface area contributed by atoms with Crippen molar-refractivity contribution < 1.29 is 19.1 Å². The zero-order valence-corrected chi connectivity index (χ0v) is 20.0. The largest absolute Gasteiger partial charge is 0.408 e. The summed E-state index contributed by atoms with van der Waals surface area (Å²) in [4.78, 5) is 39.3. The zero-order chi connectivity index (χ0) is 24.9. The van der Waals surface area contributed by atoms with Gasteiger partial charge >= 0.3 is 5.56 Å². The van der Waals surface area contributed by atoms with Gasteiger partial charge in [0.05, 0.1) is 35.9 Å². The van der Waals surface area contributed by atoms with E-state index in [1.165, 1.54) is 18.3 Å². The predicted octanol–water partition coefficient (Wildman–Crippen LogP) is 3.24. The van der Waals surface area contributed by atoms with E-state index in [1.807, 2.05) is 0 Å². The molecule has 1 aliphatic heterocycles. The molecule has 184 valence electrons. The van der Waals surface area contributed by atoms with Crippen molar-refractivity contribution in [1.29, 1.82) is 0 Å². The van der Waals surface area contributed by atoms with Crippen LogP contribution in [0.5, 0.6) is 0 Å². The maximum absolute atomic E-state index is 13.7. The molecule has 0 unspecified atom stereocenters. The Kier molecular flexibility index (Phi) is 7.67. The number of carbonyl (C=O) groups excluding carboxylic acids is 1. The number of pyridine rings is 2. The van der Waals surface area contributed by atoms with Gasteiger partial charge in [-0.2, -0.15) is 4.73 Å². The first-order valence-corrected chi connectivity index (χ1v) is 11.7. The van der Waals surface area contributed by atoms with Gasteiger partial charge in [-0.05, 0) is 48.6 Å². The predicted molar refractivity (Wildman–Crippen MR) is 131 cm³/mol. The monoisotopic (exact) mass is 500 g/mol. The number of aromatic nitrogens is 2. The summed E-state index contributed by atoms with van der Waals surface area (Å²) in [7, 11) is 1.70. The van der Waals surface area contributed by atoms with Gasteiger partial charge in [-0.25, -0.2) is 4.39 Å². The first-order valence-electron chi connectivity index (χ1n) is 11.3. The number of benzene rings is 1. The van der Waals surface area contributed by atoms with Crippen molar-refractivity contribution in [3.05, 3.63) is 87.3 Å². The third kappa shape index (κ3) is 5.31. The van der Waals surface area contributed by atoms with Gasteiger partial charge < -0.3 is 19.7 Å². The normalized spacial score (nSPS) is 14.1. The Labute approximate surface area is 207 Å². The van der Waals surface area contributed by atoms with Crippen molar-refractivity contribution in [2.75, 3.05) is 38.3 Å². The molecule has 0 saturated carbocycles. The Bertz CT molecular complexity index is 1230. The molecule has 4 rings (SSSR count). The molecule has 1 amide bonds. The highest BCUT2D eigenvalue weighted by Gasteiger charge is 2.30. The topological polar surface area (TPSA) is 87.9 Å². The number of carbonyl (C=O) groups is 1. The molecule has 0 atom stereocenters. The van der Waals surface area contributed by atoms with Crippen LogP contribution in [0, 0.1) is 5.82 Å². The van der Waals surface area contributed by atoms with E-state index >= 15 is 0 Å². The fourth-order valence-electron chi connectivity index (χ4n) is 4.28. The van der Waals surface area contributed by atoms with Gasteiger partial charge in [-0.15, -0.1) is 0 Å². The number of hydrogen-bond acceptors (Lipinski definition) is 6. The summed E-state index contributed by atoms with van der Waals surface area (Å²) >= 11 is 6.49. The number of amides is 1. The maximum atomic E-state index is 13.7. The van der Waals surface area contributed by atoms with Gasteiger partial charge in [0.25, 0.3) is 5.91 Å². The number of aliphatic hydroxyl groups excluding tert-OH is 1. The van der Waals surface area contributed by atoms with Crippen LogP contribution in [0.2, 0.25) is 5.02 Å². The van der Waals surface area contributed by atoms with Gasteiger partial charge in [0.15, 0.2) is 0 Å². The second-order valence-electron chi connectivity index (χ2n) is 8.28. The number of rotatable bonds is 7. The summed E-state index contributed by atoms with van der Waals surface area (Å²) in [5.41, 5.74) is 1.49. The summed E-state index contributed by atoms with van der Waals surface area (Å²) in [5.74, 6) is -0.346. The van der Waals surface area contributed by atoms with Crippen LogP contribution in [0.4, 0.5) is 15.8 Å². The highest BCUT2D eigenvalue weighted by Crippen LogP contribution is 2.34. The molecule has 0 bridgehead atoms. The maximum Gasteiger partial charge on any atom is 0.303 e. The van der Waals surface area contributed by atoms with Crippen LogP contribution in [0.1, 0.15) is 34.7 Å². The van der Waals surface area contributed by atoms with E-state index < -0.39 is 5.56 Å². The van der Waals surface area contributed by atoms with Crippen molar-refractivity contribution in [2.45, 2.75) is 18.8 Å². The highest BCUT2D eigenvalue weighted by molar-refractivity contribution is 6.34. The molecule has 10 heteroatoms. The molecule has 3 aromatic rings. The molecule has 1 aliphatic rings. The summed E-state index contributed by atoms with van der Waals surface area (Å²) in [6.45, 7) is 0.544. The minimum Gasteiger partial charge on any atom is -0.408 e. The number of nitrogens with zero attached hydrogens (tertiary/aromatic N) is 4. The average molecular weight is 501 g/mol. The van der Waals surface area contributed by atoms with Crippen LogP contribution in [-0.4, -0.2) is 59.0 Å². The van der Waals surface area contributed by atoms with E-state index in [2.05, 4.69) is 4.98 Å². The number of halogens is 2. The van der Waals surface area contributed by atoms with Crippen molar-refractivity contribution in [3.8, 4) is 0 Å². The summed E-state index contributed by atoms with van der Waals surface area (Å²) in [6.07, 6.45) is 5.99. The number of likely N-dealkylation sites (tertiary alicyclic amines) is 1. The molecule has 1 N–H and O–H groups in total. The molecular weight excluding hydrogens is 475 g/mol. The lowest BCUT2D eigenvalue weighted by Gasteiger charge is -2.33. The molecule has 8 nitrogen and oxygen atoms in total. The van der Waals surface area contributed by atoms with Crippen molar-refractivity contribution in [3.63, 3.8) is 0 Å². The Morgan fingerprint density at radius 1 is 1.26 bits per heavy atom. The van der Waals surface area contributed by atoms with Gasteiger partial charge in [0.2, 0.25) is 0 Å². The first kappa shape index (κ1) is 24.7. The average Bonchev–Trinajstić information content (AvgIpc) is 2.89. The lowest BCUT2D eigenvalue weighted by atomic mass is 9.89. The smallest absolute Gasteiger partial charge is 0.303 e. The third-order valence-corrected chi connectivity index (χ3v) is 6.48. The molecule has 2 aromatic heterocycles. The van der Waals surface area contributed by atoms with E-state index in [4.69, 9.17) is 21.5 Å². The van der Waals surface area contributed by atoms with Gasteiger partial charge in [0, 0.05) is 26.3 Å². The van der Waals surface area contributed by atoms with Crippen LogP contribution in [0.15, 0.2) is 59.8 Å². The second-order valence-corrected chi connectivity index (χ2v) is 8.66. The van der Waals surface area contributed by atoms with Crippen LogP contribution in [0.25, 0.3) is 0 Å². The highest BCUT2D eigenvalue weighted by atomic mass is 35.5. The fourth-order valence-corrected chi connectivity index (χ4v) is 4.59. The van der Waals surface area contributed by atoms with E-state index in [1.54, 1.807) is 53.5 Å². The molecular formula is C25H26ClFN4O4. The quantitative estimate of drug-likeness (QED) is 0.536. The van der Waals surface area contributed by atoms with E-state index in [9.17, 15) is 14.0 Å². The van der Waals surface area contributed by atoms with Crippen LogP contribution < -0.4 is 15.3 Å². The van der Waals surface area contributed by atoms with Gasteiger partial charge in [0.1, 0.15) is 17.4 Å². The van der Waals surface area contributed by atoms with Gasteiger partial charge in [-0.3, -0.25) is 14.6 Å². The summed E-state index contributed by atoms with van der Waals surface area (Å²) in [5, 5.41) is 8.93. The van der Waals surface area contributed by atoms with Crippen LogP contribution >= 0.6 is 11.6 Å². The molecule has 35 heavy (non-hydrogen) atoms. The summed E-state index contributed by atoms with van der Waals surface area (Å²) < 4.78 is 14.2. The molecule has 1 aromatic carbocycles. The van der Waals surface area contributed by atoms with Crippen LogP contribution in [0.3, 0.4) is 0 Å². The number of hydrogen-bond donors (Lipinski definition) is 1. The second kappa shape index (κ2) is 10.9. The molecule has 3 heterocycles.